The molecule has 3 rings (SSSR count). The first-order chi connectivity index (χ1) is 10.8. The Bertz CT molecular complexity index is 673. The van der Waals surface area contributed by atoms with Gasteiger partial charge in [-0.1, -0.05) is 30.3 Å². The first kappa shape index (κ1) is 15.0. The van der Waals surface area contributed by atoms with Crippen molar-refractivity contribution in [2.75, 3.05) is 13.6 Å². The molecular weight excluding hydrogens is 290 g/mol. The minimum atomic E-state index is 0.832. The third kappa shape index (κ3) is 4.06. The fraction of sp³-hybridized carbons (Fsp3) is 0.278. The van der Waals surface area contributed by atoms with Crippen molar-refractivity contribution in [2.45, 2.75) is 19.5 Å². The first-order valence-electron chi connectivity index (χ1n) is 7.60. The second kappa shape index (κ2) is 7.38. The van der Waals surface area contributed by atoms with E-state index in [1.54, 1.807) is 11.3 Å². The van der Waals surface area contributed by atoms with Crippen LogP contribution in [0.3, 0.4) is 0 Å². The number of aryl methyl sites for hydroxylation is 1. The van der Waals surface area contributed by atoms with Crippen molar-refractivity contribution in [1.29, 1.82) is 0 Å². The number of hydrogen-bond acceptors (Lipinski definition) is 3. The summed E-state index contributed by atoms with van der Waals surface area (Å²) in [5, 5.41) is 8.86. The second-order valence-corrected chi connectivity index (χ2v) is 6.34. The van der Waals surface area contributed by atoms with Crippen LogP contribution in [0.4, 0.5) is 0 Å². The van der Waals surface area contributed by atoms with Gasteiger partial charge < -0.3 is 0 Å². The predicted molar refractivity (Wildman–Crippen MR) is 92.9 cm³/mol. The average molecular weight is 311 g/mol. The summed E-state index contributed by atoms with van der Waals surface area (Å²) in [6.45, 7) is 1.90. The number of rotatable bonds is 7. The van der Waals surface area contributed by atoms with Crippen LogP contribution in [-0.4, -0.2) is 28.3 Å². The summed E-state index contributed by atoms with van der Waals surface area (Å²) in [6, 6.07) is 14.9. The standard InChI is InChI=1S/C18H21N3S/c1-20(11-5-8-16-6-3-2-4-7-16)15-21-12-9-18(19-21)17-10-13-22-14-17/h2-4,6-7,9-10,12-14H,5,8,11,15H2,1H3. The van der Waals surface area contributed by atoms with Crippen molar-refractivity contribution >= 4 is 11.3 Å². The SMILES string of the molecule is CN(CCCc1ccccc1)Cn1ccc(-c2ccsc2)n1. The van der Waals surface area contributed by atoms with Gasteiger partial charge in [-0.3, -0.25) is 9.58 Å². The van der Waals surface area contributed by atoms with Gasteiger partial charge in [-0.05, 0) is 49.5 Å². The van der Waals surface area contributed by atoms with E-state index < -0.39 is 0 Å². The molecule has 2 heterocycles. The lowest BCUT2D eigenvalue weighted by atomic mass is 10.1. The van der Waals surface area contributed by atoms with Crippen LogP contribution in [0.1, 0.15) is 12.0 Å². The van der Waals surface area contributed by atoms with Crippen LogP contribution in [-0.2, 0) is 13.1 Å². The molecule has 22 heavy (non-hydrogen) atoms. The lowest BCUT2D eigenvalue weighted by molar-refractivity contribution is 0.252. The summed E-state index contributed by atoms with van der Waals surface area (Å²) >= 11 is 1.71. The van der Waals surface area contributed by atoms with Gasteiger partial charge in [-0.25, -0.2) is 0 Å². The summed E-state index contributed by atoms with van der Waals surface area (Å²) in [7, 11) is 2.15. The molecule has 0 fully saturated rings. The normalized spacial score (nSPS) is 11.2. The maximum Gasteiger partial charge on any atom is 0.0932 e. The molecule has 0 bridgehead atoms. The molecule has 3 nitrogen and oxygen atoms in total. The van der Waals surface area contributed by atoms with Crippen LogP contribution in [0, 0.1) is 0 Å². The van der Waals surface area contributed by atoms with Crippen molar-refractivity contribution in [3.05, 3.63) is 65.0 Å². The summed E-state index contributed by atoms with van der Waals surface area (Å²) in [5.74, 6) is 0. The van der Waals surface area contributed by atoms with E-state index in [9.17, 15) is 0 Å². The summed E-state index contributed by atoms with van der Waals surface area (Å²) in [6.07, 6.45) is 4.35. The molecule has 0 aliphatic rings. The molecule has 0 unspecified atom stereocenters. The van der Waals surface area contributed by atoms with E-state index in [2.05, 4.69) is 76.5 Å². The Balaban J connectivity index is 1.46. The Kier molecular flexibility index (Phi) is 5.03. The average Bonchev–Trinajstić information content (AvgIpc) is 3.19. The first-order valence-corrected chi connectivity index (χ1v) is 8.54. The number of benzene rings is 1. The molecule has 0 N–H and O–H groups in total. The minimum Gasteiger partial charge on any atom is -0.288 e. The van der Waals surface area contributed by atoms with E-state index >= 15 is 0 Å². The van der Waals surface area contributed by atoms with Gasteiger partial charge in [0.05, 0.1) is 12.4 Å². The van der Waals surface area contributed by atoms with E-state index in [0.29, 0.717) is 0 Å². The highest BCUT2D eigenvalue weighted by Crippen LogP contribution is 2.19. The molecule has 0 saturated heterocycles. The monoisotopic (exact) mass is 311 g/mol. The molecule has 0 radical (unpaired) electrons. The van der Waals surface area contributed by atoms with Crippen LogP contribution in [0.2, 0.25) is 0 Å². The van der Waals surface area contributed by atoms with Crippen LogP contribution < -0.4 is 0 Å². The zero-order valence-electron chi connectivity index (χ0n) is 12.9. The van der Waals surface area contributed by atoms with Crippen LogP contribution in [0.15, 0.2) is 59.4 Å². The summed E-state index contributed by atoms with van der Waals surface area (Å²) < 4.78 is 2.01. The Morgan fingerprint density at radius 3 is 2.77 bits per heavy atom. The number of aromatic nitrogens is 2. The summed E-state index contributed by atoms with van der Waals surface area (Å²) in [4.78, 5) is 2.31. The van der Waals surface area contributed by atoms with Crippen molar-refractivity contribution < 1.29 is 0 Å². The van der Waals surface area contributed by atoms with Crippen molar-refractivity contribution in [1.82, 2.24) is 14.7 Å². The fourth-order valence-electron chi connectivity index (χ4n) is 2.52. The van der Waals surface area contributed by atoms with Gasteiger partial charge in [0.25, 0.3) is 0 Å². The highest BCUT2D eigenvalue weighted by Gasteiger charge is 2.05. The van der Waals surface area contributed by atoms with Gasteiger partial charge in [-0.15, -0.1) is 0 Å². The fourth-order valence-corrected chi connectivity index (χ4v) is 3.17. The van der Waals surface area contributed by atoms with E-state index in [1.807, 2.05) is 4.68 Å². The Morgan fingerprint density at radius 1 is 1.14 bits per heavy atom. The van der Waals surface area contributed by atoms with E-state index in [1.165, 1.54) is 17.5 Å². The predicted octanol–water partition coefficient (Wildman–Crippen LogP) is 4.13. The molecule has 0 spiro atoms. The molecule has 0 atom stereocenters. The van der Waals surface area contributed by atoms with Crippen molar-refractivity contribution in [3.63, 3.8) is 0 Å². The molecule has 114 valence electrons. The smallest absolute Gasteiger partial charge is 0.0932 e. The molecule has 1 aromatic carbocycles. The molecule has 4 heteroatoms. The van der Waals surface area contributed by atoms with Gasteiger partial charge in [0.15, 0.2) is 0 Å². The van der Waals surface area contributed by atoms with E-state index in [4.69, 9.17) is 0 Å². The van der Waals surface area contributed by atoms with Crippen molar-refractivity contribution in [2.24, 2.45) is 0 Å². The summed E-state index contributed by atoms with van der Waals surface area (Å²) in [5.41, 5.74) is 3.67. The van der Waals surface area contributed by atoms with Gasteiger partial charge in [0.1, 0.15) is 0 Å². The highest BCUT2D eigenvalue weighted by atomic mass is 32.1. The Morgan fingerprint density at radius 2 is 2.00 bits per heavy atom. The number of thiophene rings is 1. The van der Waals surface area contributed by atoms with Crippen LogP contribution in [0.5, 0.6) is 0 Å². The van der Waals surface area contributed by atoms with Gasteiger partial charge in [0, 0.05) is 17.1 Å². The third-order valence-electron chi connectivity index (χ3n) is 3.69. The van der Waals surface area contributed by atoms with Crippen LogP contribution >= 0.6 is 11.3 Å². The largest absolute Gasteiger partial charge is 0.288 e. The molecular formula is C18H21N3S. The minimum absolute atomic E-state index is 0.832. The zero-order valence-corrected chi connectivity index (χ0v) is 13.7. The maximum atomic E-state index is 4.64. The molecule has 0 aliphatic carbocycles. The van der Waals surface area contributed by atoms with E-state index in [-0.39, 0.29) is 0 Å². The van der Waals surface area contributed by atoms with Gasteiger partial charge >= 0.3 is 0 Å². The second-order valence-electron chi connectivity index (χ2n) is 5.56. The molecule has 0 amide bonds. The topological polar surface area (TPSA) is 21.1 Å². The Labute approximate surface area is 135 Å². The number of nitrogens with zero attached hydrogens (tertiary/aromatic N) is 3. The molecule has 2 aromatic heterocycles. The quantitative estimate of drug-likeness (QED) is 0.654. The maximum absolute atomic E-state index is 4.64. The van der Waals surface area contributed by atoms with Gasteiger partial charge in [0.2, 0.25) is 0 Å². The number of hydrogen-bond donors (Lipinski definition) is 0. The van der Waals surface area contributed by atoms with Crippen LogP contribution in [0.25, 0.3) is 11.3 Å². The third-order valence-corrected chi connectivity index (χ3v) is 4.38. The van der Waals surface area contributed by atoms with E-state index in [0.717, 1.165) is 25.3 Å². The Hall–Kier alpha value is -1.91. The zero-order chi connectivity index (χ0) is 15.2. The van der Waals surface area contributed by atoms with Crippen molar-refractivity contribution in [3.8, 4) is 11.3 Å². The molecule has 0 aliphatic heterocycles. The lowest BCUT2D eigenvalue weighted by Crippen LogP contribution is -2.23. The van der Waals surface area contributed by atoms with Gasteiger partial charge in [-0.2, -0.15) is 16.4 Å². The lowest BCUT2D eigenvalue weighted by Gasteiger charge is -2.16. The molecule has 3 aromatic rings. The molecule has 0 saturated carbocycles. The highest BCUT2D eigenvalue weighted by molar-refractivity contribution is 7.08.